The second-order valence-corrected chi connectivity index (χ2v) is 9.90. The molecule has 3 atom stereocenters. The maximum atomic E-state index is 13.0. The van der Waals surface area contributed by atoms with Crippen molar-refractivity contribution in [3.63, 3.8) is 0 Å². The molecular weight excluding hydrogens is 464 g/mol. The minimum atomic E-state index is 0.0137. The molecule has 2 amide bonds. The highest BCUT2D eigenvalue weighted by Crippen LogP contribution is 2.27. The second kappa shape index (κ2) is 14.0. The molecule has 0 aliphatic carbocycles. The van der Waals surface area contributed by atoms with E-state index in [-0.39, 0.29) is 17.9 Å². The van der Waals surface area contributed by atoms with Gasteiger partial charge in [0.2, 0.25) is 11.8 Å². The van der Waals surface area contributed by atoms with Crippen molar-refractivity contribution in [3.05, 3.63) is 71.8 Å². The van der Waals surface area contributed by atoms with Crippen LogP contribution in [-0.2, 0) is 9.59 Å². The molecule has 0 aromatic heterocycles. The molecule has 7 heteroatoms. The third kappa shape index (κ3) is 8.17. The lowest BCUT2D eigenvalue weighted by atomic mass is 10.0. The van der Waals surface area contributed by atoms with E-state index < -0.39 is 0 Å². The van der Waals surface area contributed by atoms with Gasteiger partial charge in [-0.15, -0.1) is 0 Å². The minimum absolute atomic E-state index is 0.0137. The van der Waals surface area contributed by atoms with Gasteiger partial charge < -0.3 is 15.0 Å². The SMILES string of the molecule is COc1ccc(C=CC(=O)N2CCCCN3CCCN(C3)C(c3ccccc3)CC(=O)NCCC2)cc1. The molecule has 2 aliphatic rings. The Kier molecular flexibility index (Phi) is 10.1. The topological polar surface area (TPSA) is 65.1 Å². The highest BCUT2D eigenvalue weighted by atomic mass is 16.5. The zero-order valence-corrected chi connectivity index (χ0v) is 22.0. The van der Waals surface area contributed by atoms with Gasteiger partial charge in [0.15, 0.2) is 0 Å². The Labute approximate surface area is 221 Å². The summed E-state index contributed by atoms with van der Waals surface area (Å²) >= 11 is 0. The van der Waals surface area contributed by atoms with Crippen LogP contribution in [0.25, 0.3) is 6.08 Å². The van der Waals surface area contributed by atoms with Crippen LogP contribution in [0.1, 0.15) is 49.3 Å². The Morgan fingerprint density at radius 1 is 0.919 bits per heavy atom. The molecule has 198 valence electrons. The number of benzene rings is 2. The fourth-order valence-electron chi connectivity index (χ4n) is 5.17. The molecule has 2 saturated heterocycles. The first-order valence-corrected chi connectivity index (χ1v) is 13.5. The average molecular weight is 505 g/mol. The molecule has 0 spiro atoms. The van der Waals surface area contributed by atoms with Crippen molar-refractivity contribution in [2.75, 3.05) is 53.0 Å². The summed E-state index contributed by atoms with van der Waals surface area (Å²) in [5, 5.41) is 3.11. The number of carbonyl (C=O) groups is 2. The van der Waals surface area contributed by atoms with Crippen LogP contribution in [-0.4, -0.2) is 79.6 Å². The number of nitrogens with zero attached hydrogens (tertiary/aromatic N) is 3. The maximum absolute atomic E-state index is 13.0. The van der Waals surface area contributed by atoms with Crippen molar-refractivity contribution >= 4 is 17.9 Å². The number of carbonyl (C=O) groups excluding carboxylic acids is 2. The first-order valence-electron chi connectivity index (χ1n) is 13.5. The molecular formula is C30H40N4O3. The zero-order valence-electron chi connectivity index (χ0n) is 22.0. The van der Waals surface area contributed by atoms with E-state index in [0.29, 0.717) is 19.5 Å². The molecule has 1 N–H and O–H groups in total. The maximum Gasteiger partial charge on any atom is 0.246 e. The number of rotatable bonds is 4. The van der Waals surface area contributed by atoms with Crippen molar-refractivity contribution in [2.24, 2.45) is 0 Å². The average Bonchev–Trinajstić information content (AvgIpc) is 2.94. The molecule has 2 aromatic rings. The number of methoxy groups -OCH3 is 1. The van der Waals surface area contributed by atoms with Crippen LogP contribution >= 0.6 is 0 Å². The van der Waals surface area contributed by atoms with Gasteiger partial charge in [-0.25, -0.2) is 0 Å². The van der Waals surface area contributed by atoms with Gasteiger partial charge in [-0.3, -0.25) is 19.4 Å². The molecule has 2 bridgehead atoms. The Morgan fingerprint density at radius 2 is 1.65 bits per heavy atom. The first-order chi connectivity index (χ1) is 18.1. The molecule has 2 heterocycles. The second-order valence-electron chi connectivity index (χ2n) is 9.90. The Balaban J connectivity index is 1.40. The lowest BCUT2D eigenvalue weighted by Crippen LogP contribution is -2.47. The zero-order chi connectivity index (χ0) is 25.9. The van der Waals surface area contributed by atoms with Crippen LogP contribution in [0.2, 0.25) is 0 Å². The van der Waals surface area contributed by atoms with Crippen LogP contribution in [0.3, 0.4) is 0 Å². The highest BCUT2D eigenvalue weighted by molar-refractivity contribution is 5.91. The fraction of sp³-hybridized carbons (Fsp3) is 0.467. The van der Waals surface area contributed by atoms with Crippen molar-refractivity contribution in [2.45, 2.75) is 38.1 Å². The van der Waals surface area contributed by atoms with Gasteiger partial charge in [0.1, 0.15) is 5.75 Å². The van der Waals surface area contributed by atoms with Crippen molar-refractivity contribution in [1.82, 2.24) is 20.0 Å². The molecule has 3 unspecified atom stereocenters. The molecule has 7 nitrogen and oxygen atoms in total. The number of ether oxygens (including phenoxy) is 1. The number of nitrogens with one attached hydrogen (secondary N) is 1. The summed E-state index contributed by atoms with van der Waals surface area (Å²) in [7, 11) is 1.64. The summed E-state index contributed by atoms with van der Waals surface area (Å²) in [6.45, 7) is 5.89. The molecule has 0 radical (unpaired) electrons. The van der Waals surface area contributed by atoms with Gasteiger partial charge in [0.25, 0.3) is 0 Å². The predicted octanol–water partition coefficient (Wildman–Crippen LogP) is 3.93. The van der Waals surface area contributed by atoms with E-state index in [1.54, 1.807) is 13.2 Å². The number of amides is 2. The number of hydrogen-bond acceptors (Lipinski definition) is 5. The quantitative estimate of drug-likeness (QED) is 0.639. The number of fused-ring (bicyclic) bond motifs is 2. The van der Waals surface area contributed by atoms with Gasteiger partial charge in [-0.2, -0.15) is 0 Å². The summed E-state index contributed by atoms with van der Waals surface area (Å²) in [6.07, 6.45) is 7.81. The standard InChI is InChI=1S/C30H40N4O3/c1-37-27-14-11-25(12-15-27)13-16-30(36)33-20-6-5-18-32-19-8-22-34(24-32)28(26-9-3-2-4-10-26)23-29(35)31-17-7-21-33/h2-4,9-16,28H,5-8,17-24H2,1H3,(H,31,35). The van der Waals surface area contributed by atoms with Crippen LogP contribution in [0, 0.1) is 0 Å². The lowest BCUT2D eigenvalue weighted by molar-refractivity contribution is -0.126. The van der Waals surface area contributed by atoms with Gasteiger partial charge >= 0.3 is 0 Å². The summed E-state index contributed by atoms with van der Waals surface area (Å²) < 4.78 is 5.21. The normalized spacial score (nSPS) is 24.1. The molecule has 2 aliphatic heterocycles. The molecule has 0 saturated carbocycles. The van der Waals surface area contributed by atoms with Gasteiger partial charge in [0.05, 0.1) is 13.8 Å². The van der Waals surface area contributed by atoms with Crippen LogP contribution in [0.5, 0.6) is 5.75 Å². The molecule has 37 heavy (non-hydrogen) atoms. The van der Waals surface area contributed by atoms with Crippen molar-refractivity contribution < 1.29 is 14.3 Å². The van der Waals surface area contributed by atoms with E-state index in [4.69, 9.17) is 4.74 Å². The van der Waals surface area contributed by atoms with E-state index in [9.17, 15) is 9.59 Å². The Bertz CT molecular complexity index is 1020. The van der Waals surface area contributed by atoms with Crippen LogP contribution in [0.15, 0.2) is 60.7 Å². The van der Waals surface area contributed by atoms with E-state index in [0.717, 1.165) is 69.8 Å². The number of hydrogen-bond donors (Lipinski definition) is 1. The lowest BCUT2D eigenvalue weighted by Gasteiger charge is -2.40. The summed E-state index contributed by atoms with van der Waals surface area (Å²) in [5.74, 6) is 0.876. The monoisotopic (exact) mass is 504 g/mol. The van der Waals surface area contributed by atoms with Crippen molar-refractivity contribution in [1.29, 1.82) is 0 Å². The van der Waals surface area contributed by atoms with E-state index >= 15 is 0 Å². The fourth-order valence-corrected chi connectivity index (χ4v) is 5.17. The summed E-state index contributed by atoms with van der Waals surface area (Å²) in [4.78, 5) is 32.8. The molecule has 2 aromatic carbocycles. The van der Waals surface area contributed by atoms with E-state index in [2.05, 4.69) is 39.4 Å². The largest absolute Gasteiger partial charge is 0.497 e. The van der Waals surface area contributed by atoms with E-state index in [1.165, 1.54) is 5.56 Å². The smallest absolute Gasteiger partial charge is 0.246 e. The van der Waals surface area contributed by atoms with E-state index in [1.807, 2.05) is 41.3 Å². The highest BCUT2D eigenvalue weighted by Gasteiger charge is 2.27. The van der Waals surface area contributed by atoms with Crippen LogP contribution in [0.4, 0.5) is 0 Å². The minimum Gasteiger partial charge on any atom is -0.497 e. The molecule has 4 rings (SSSR count). The third-order valence-corrected chi connectivity index (χ3v) is 7.23. The van der Waals surface area contributed by atoms with Crippen molar-refractivity contribution in [3.8, 4) is 5.75 Å². The van der Waals surface area contributed by atoms with Gasteiger partial charge in [0, 0.05) is 51.3 Å². The van der Waals surface area contributed by atoms with Crippen LogP contribution < -0.4 is 10.1 Å². The summed E-state index contributed by atoms with van der Waals surface area (Å²) in [6, 6.07) is 18.1. The van der Waals surface area contributed by atoms with Gasteiger partial charge in [-0.05, 0) is 61.6 Å². The predicted molar refractivity (Wildman–Crippen MR) is 147 cm³/mol. The third-order valence-electron chi connectivity index (χ3n) is 7.23. The Hall–Kier alpha value is -3.16. The van der Waals surface area contributed by atoms with Gasteiger partial charge in [-0.1, -0.05) is 42.5 Å². The summed E-state index contributed by atoms with van der Waals surface area (Å²) in [5.41, 5.74) is 2.16. The Morgan fingerprint density at radius 3 is 2.43 bits per heavy atom. The first kappa shape index (κ1) is 26.9. The molecule has 2 fully saturated rings.